The number of hydrogen-bond donors (Lipinski definition) is 1. The van der Waals surface area contributed by atoms with Gasteiger partial charge in [0.05, 0.1) is 34.9 Å². The maximum absolute atomic E-state index is 13.9. The van der Waals surface area contributed by atoms with Crippen LogP contribution < -0.4 is 10.2 Å². The average Bonchev–Trinajstić information content (AvgIpc) is 3.82. The Labute approximate surface area is 206 Å². The van der Waals surface area contributed by atoms with E-state index in [1.807, 2.05) is 42.5 Å². The summed E-state index contributed by atoms with van der Waals surface area (Å²) in [7, 11) is 0. The highest BCUT2D eigenvalue weighted by Crippen LogP contribution is 2.60. The van der Waals surface area contributed by atoms with Crippen LogP contribution in [-0.2, 0) is 9.59 Å². The Morgan fingerprint density at radius 1 is 1.00 bits per heavy atom. The minimum Gasteiger partial charge on any atom is -0.350 e. The fraction of sp³-hybridized carbons (Fsp3) is 0.286. The van der Waals surface area contributed by atoms with Crippen molar-refractivity contribution in [3.05, 3.63) is 84.3 Å². The first-order chi connectivity index (χ1) is 17.5. The number of rotatable bonds is 5. The molecule has 2 aromatic heterocycles. The maximum Gasteiger partial charge on any atom is 0.237 e. The minimum atomic E-state index is -0.583. The van der Waals surface area contributed by atoms with Crippen molar-refractivity contribution in [3.8, 4) is 5.69 Å². The molecular formula is C28H24FN5O2. The van der Waals surface area contributed by atoms with E-state index >= 15 is 0 Å². The van der Waals surface area contributed by atoms with Crippen LogP contribution in [0.15, 0.2) is 72.9 Å². The Balaban J connectivity index is 1.31. The molecule has 3 aliphatic rings. The van der Waals surface area contributed by atoms with E-state index in [0.717, 1.165) is 42.5 Å². The van der Waals surface area contributed by atoms with Crippen LogP contribution in [0, 0.1) is 17.2 Å². The number of nitrogens with zero attached hydrogens (tertiary/aromatic N) is 4. The number of halogens is 1. The molecule has 8 heteroatoms. The number of benzene rings is 2. The predicted octanol–water partition coefficient (Wildman–Crippen LogP) is 4.32. The Kier molecular flexibility index (Phi) is 4.55. The van der Waals surface area contributed by atoms with Crippen molar-refractivity contribution in [3.63, 3.8) is 0 Å². The molecule has 1 saturated heterocycles. The molecule has 7 rings (SSSR count). The molecule has 2 amide bonds. The normalized spacial score (nSPS) is 22.4. The molecule has 1 spiro atoms. The van der Waals surface area contributed by atoms with E-state index in [4.69, 9.17) is 4.98 Å². The van der Waals surface area contributed by atoms with Gasteiger partial charge in [-0.2, -0.15) is 5.10 Å². The van der Waals surface area contributed by atoms with Crippen LogP contribution in [0.5, 0.6) is 0 Å². The zero-order valence-electron chi connectivity index (χ0n) is 19.5. The van der Waals surface area contributed by atoms with Crippen LogP contribution in [0.25, 0.3) is 16.7 Å². The molecule has 2 saturated carbocycles. The van der Waals surface area contributed by atoms with Gasteiger partial charge in [-0.1, -0.05) is 30.3 Å². The summed E-state index contributed by atoms with van der Waals surface area (Å²) in [5, 5.41) is 7.72. The molecule has 1 unspecified atom stereocenters. The molecule has 3 heterocycles. The summed E-state index contributed by atoms with van der Waals surface area (Å²) in [5.41, 5.74) is 2.50. The van der Waals surface area contributed by atoms with Crippen molar-refractivity contribution in [1.29, 1.82) is 0 Å². The number of hydrogen-bond acceptors (Lipinski definition) is 4. The predicted molar refractivity (Wildman–Crippen MR) is 132 cm³/mol. The van der Waals surface area contributed by atoms with Gasteiger partial charge in [0.15, 0.2) is 0 Å². The van der Waals surface area contributed by atoms with E-state index < -0.39 is 5.41 Å². The van der Waals surface area contributed by atoms with Crippen molar-refractivity contribution in [2.24, 2.45) is 11.3 Å². The summed E-state index contributed by atoms with van der Waals surface area (Å²) in [6, 6.07) is 19.1. The van der Waals surface area contributed by atoms with Crippen LogP contribution >= 0.6 is 0 Å². The summed E-state index contributed by atoms with van der Waals surface area (Å²) in [5.74, 6) is 0.344. The fourth-order valence-electron chi connectivity index (χ4n) is 5.51. The number of carbonyl (C=O) groups excluding carboxylic acids is 2. The lowest BCUT2D eigenvalue weighted by Gasteiger charge is -2.29. The third-order valence-electron chi connectivity index (χ3n) is 7.74. The highest BCUT2D eigenvalue weighted by Gasteiger charge is 2.67. The second kappa shape index (κ2) is 7.71. The van der Waals surface area contributed by atoms with Gasteiger partial charge in [0.2, 0.25) is 11.8 Å². The van der Waals surface area contributed by atoms with Crippen molar-refractivity contribution >= 4 is 28.7 Å². The lowest BCUT2D eigenvalue weighted by molar-refractivity contribution is -0.124. The zero-order valence-corrected chi connectivity index (χ0v) is 19.5. The summed E-state index contributed by atoms with van der Waals surface area (Å²) >= 11 is 0. The first-order valence-electron chi connectivity index (χ1n) is 12.3. The molecule has 0 bridgehead atoms. The van der Waals surface area contributed by atoms with E-state index in [0.29, 0.717) is 11.3 Å². The van der Waals surface area contributed by atoms with Gasteiger partial charge in [-0.25, -0.2) is 14.1 Å². The van der Waals surface area contributed by atoms with Crippen molar-refractivity contribution < 1.29 is 14.0 Å². The second-order valence-corrected chi connectivity index (χ2v) is 10.1. The second-order valence-electron chi connectivity index (χ2n) is 10.1. The standard InChI is InChI=1S/C28H24FN5O2/c29-19-8-10-20(11-9-19)34-22-12-13-23(31-21(22)16-30-34)33-24(17-4-2-1-3-5-17)25(28(14-15-28)27(33)36)32-26(35)18-6-7-18/h1-5,8-13,16,18,24-25H,6-7,14-15H2,(H,32,35)/t24?,25-/m1/s1. The first kappa shape index (κ1) is 21.2. The van der Waals surface area contributed by atoms with Gasteiger partial charge in [-0.15, -0.1) is 0 Å². The van der Waals surface area contributed by atoms with E-state index in [1.165, 1.54) is 12.1 Å². The molecule has 1 aliphatic heterocycles. The first-order valence-corrected chi connectivity index (χ1v) is 12.3. The molecule has 2 aromatic carbocycles. The van der Waals surface area contributed by atoms with Gasteiger partial charge < -0.3 is 5.32 Å². The summed E-state index contributed by atoms with van der Waals surface area (Å²) in [6.07, 6.45) is 4.99. The lowest BCUT2D eigenvalue weighted by Crippen LogP contribution is -2.44. The number of fused-ring (bicyclic) bond motifs is 1. The van der Waals surface area contributed by atoms with Crippen molar-refractivity contribution in [1.82, 2.24) is 20.1 Å². The number of carbonyl (C=O) groups is 2. The molecule has 36 heavy (non-hydrogen) atoms. The fourth-order valence-corrected chi connectivity index (χ4v) is 5.51. The van der Waals surface area contributed by atoms with Gasteiger partial charge in [-0.05, 0) is 67.6 Å². The maximum atomic E-state index is 13.9. The number of pyridine rings is 1. The van der Waals surface area contributed by atoms with E-state index in [1.54, 1.807) is 27.9 Å². The number of nitrogens with one attached hydrogen (secondary N) is 1. The van der Waals surface area contributed by atoms with Crippen LogP contribution in [0.2, 0.25) is 0 Å². The number of anilines is 1. The molecule has 4 aromatic rings. The van der Waals surface area contributed by atoms with E-state index in [-0.39, 0.29) is 35.6 Å². The Morgan fingerprint density at radius 2 is 1.75 bits per heavy atom. The molecule has 7 nitrogen and oxygen atoms in total. The van der Waals surface area contributed by atoms with Gasteiger partial charge >= 0.3 is 0 Å². The van der Waals surface area contributed by atoms with Crippen LogP contribution in [-0.4, -0.2) is 32.6 Å². The largest absolute Gasteiger partial charge is 0.350 e. The van der Waals surface area contributed by atoms with E-state index in [2.05, 4.69) is 10.4 Å². The molecule has 2 atom stereocenters. The topological polar surface area (TPSA) is 80.1 Å². The van der Waals surface area contributed by atoms with Crippen LogP contribution in [0.3, 0.4) is 0 Å². The van der Waals surface area contributed by atoms with Gasteiger partial charge in [-0.3, -0.25) is 14.5 Å². The third-order valence-corrected chi connectivity index (χ3v) is 7.74. The Morgan fingerprint density at radius 3 is 2.44 bits per heavy atom. The summed E-state index contributed by atoms with van der Waals surface area (Å²) < 4.78 is 15.1. The monoisotopic (exact) mass is 481 g/mol. The molecule has 0 radical (unpaired) electrons. The van der Waals surface area contributed by atoms with Crippen LogP contribution in [0.4, 0.5) is 10.2 Å². The summed E-state index contributed by atoms with van der Waals surface area (Å²) in [4.78, 5) is 33.4. The van der Waals surface area contributed by atoms with Crippen molar-refractivity contribution in [2.75, 3.05) is 4.90 Å². The Hall–Kier alpha value is -4.07. The number of amides is 2. The summed E-state index contributed by atoms with van der Waals surface area (Å²) in [6.45, 7) is 0. The van der Waals surface area contributed by atoms with Gasteiger partial charge in [0.1, 0.15) is 17.2 Å². The van der Waals surface area contributed by atoms with Crippen LogP contribution in [0.1, 0.15) is 37.3 Å². The molecule has 180 valence electrons. The highest BCUT2D eigenvalue weighted by molar-refractivity contribution is 6.04. The quantitative estimate of drug-likeness (QED) is 0.460. The minimum absolute atomic E-state index is 0.00947. The van der Waals surface area contributed by atoms with E-state index in [9.17, 15) is 14.0 Å². The number of aromatic nitrogens is 3. The third kappa shape index (κ3) is 3.24. The molecular weight excluding hydrogens is 457 g/mol. The molecule has 2 aliphatic carbocycles. The lowest BCUT2D eigenvalue weighted by atomic mass is 9.91. The van der Waals surface area contributed by atoms with Gasteiger partial charge in [0.25, 0.3) is 0 Å². The SMILES string of the molecule is O=C(N[C@@H]1C(c2ccccc2)N(c2ccc3c(cnn3-c3ccc(F)cc3)n2)C(=O)C12CC2)C1CC1. The molecule has 1 N–H and O–H groups in total. The van der Waals surface area contributed by atoms with Gasteiger partial charge in [0, 0.05) is 5.92 Å². The van der Waals surface area contributed by atoms with Crippen molar-refractivity contribution in [2.45, 2.75) is 37.8 Å². The Bertz CT molecular complexity index is 1490. The highest BCUT2D eigenvalue weighted by atomic mass is 19.1. The zero-order chi connectivity index (χ0) is 24.4. The average molecular weight is 482 g/mol. The smallest absolute Gasteiger partial charge is 0.237 e. The molecule has 3 fully saturated rings.